The minimum absolute atomic E-state index is 0.250. The van der Waals surface area contributed by atoms with Gasteiger partial charge in [0.25, 0.3) is 0 Å². The molecular formula is C21H28ClNO4Si. The molecule has 0 amide bonds. The molecule has 0 aromatic heterocycles. The first kappa shape index (κ1) is 23.9. The van der Waals surface area contributed by atoms with Gasteiger partial charge in [0.2, 0.25) is 0 Å². The molecule has 0 radical (unpaired) electrons. The Bertz CT molecular complexity index is 744. The molecule has 0 saturated carbocycles. The maximum absolute atomic E-state index is 8.12. The van der Waals surface area contributed by atoms with E-state index in [1.165, 1.54) is 5.56 Å². The first-order chi connectivity index (χ1) is 13.3. The van der Waals surface area contributed by atoms with Gasteiger partial charge in [0.1, 0.15) is 5.75 Å². The van der Waals surface area contributed by atoms with Gasteiger partial charge in [-0.05, 0) is 23.7 Å². The van der Waals surface area contributed by atoms with E-state index >= 15 is 0 Å². The van der Waals surface area contributed by atoms with Crippen molar-refractivity contribution in [1.82, 2.24) is 0 Å². The van der Waals surface area contributed by atoms with Crippen LogP contribution in [-0.4, -0.2) is 34.7 Å². The highest BCUT2D eigenvalue weighted by atomic mass is 35.5. The molecule has 0 aliphatic heterocycles. The zero-order chi connectivity index (χ0) is 21.0. The van der Waals surface area contributed by atoms with Crippen LogP contribution in [0.2, 0.25) is 30.7 Å². The lowest BCUT2D eigenvalue weighted by Crippen LogP contribution is -2.22. The summed E-state index contributed by atoms with van der Waals surface area (Å²) in [5, 5.41) is 0.679. The van der Waals surface area contributed by atoms with Crippen molar-refractivity contribution in [2.45, 2.75) is 32.2 Å². The smallest absolute Gasteiger partial charge is 0.373 e. The summed E-state index contributed by atoms with van der Waals surface area (Å²) >= 11 is 6.43. The summed E-state index contributed by atoms with van der Waals surface area (Å²) in [7, 11) is 0.981. The van der Waals surface area contributed by atoms with Gasteiger partial charge in [-0.15, -0.1) is 0 Å². The van der Waals surface area contributed by atoms with Gasteiger partial charge in [-0.3, -0.25) is 0 Å². The summed E-state index contributed by atoms with van der Waals surface area (Å²) < 4.78 is 11.2. The van der Waals surface area contributed by atoms with E-state index in [1.807, 2.05) is 43.4 Å². The summed E-state index contributed by atoms with van der Waals surface area (Å²) in [6, 6.07) is 17.2. The second kappa shape index (κ2) is 12.4. The van der Waals surface area contributed by atoms with Gasteiger partial charge in [0, 0.05) is 34.3 Å². The molecular weight excluding hydrogens is 394 g/mol. The molecule has 7 heteroatoms. The number of carbonyl (C=O) groups excluding carboxylic acids is 2. The fourth-order valence-electron chi connectivity index (χ4n) is 2.38. The third-order valence-electron chi connectivity index (χ3n) is 3.90. The normalized spacial score (nSPS) is 10.5. The van der Waals surface area contributed by atoms with Crippen LogP contribution in [-0.2, 0) is 20.9 Å². The van der Waals surface area contributed by atoms with Crippen molar-refractivity contribution in [3.63, 3.8) is 0 Å². The number of anilines is 1. The highest BCUT2D eigenvalue weighted by Gasteiger charge is 2.12. The Morgan fingerprint density at radius 3 is 2.29 bits per heavy atom. The lowest BCUT2D eigenvalue weighted by molar-refractivity contribution is -0.191. The van der Waals surface area contributed by atoms with E-state index in [9.17, 15) is 0 Å². The molecule has 0 fully saturated rings. The van der Waals surface area contributed by atoms with Crippen molar-refractivity contribution in [3.05, 3.63) is 59.1 Å². The first-order valence-corrected chi connectivity index (χ1v) is 13.1. The van der Waals surface area contributed by atoms with Crippen LogP contribution in [0.5, 0.6) is 5.75 Å². The van der Waals surface area contributed by atoms with E-state index in [-0.39, 0.29) is 12.9 Å². The topological polar surface area (TPSA) is 55.8 Å². The molecule has 2 aromatic carbocycles. The van der Waals surface area contributed by atoms with Crippen molar-refractivity contribution < 1.29 is 19.1 Å². The van der Waals surface area contributed by atoms with Gasteiger partial charge in [-0.25, -0.2) is 0 Å². The van der Waals surface area contributed by atoms with E-state index in [1.54, 1.807) is 0 Å². The third kappa shape index (κ3) is 9.72. The molecule has 152 valence electrons. The Kier molecular flexibility index (Phi) is 10.6. The Hall–Kier alpha value is -2.11. The number of nitrogens with zero attached hydrogens (tertiary/aromatic N) is 1. The molecule has 28 heavy (non-hydrogen) atoms. The molecule has 0 saturated heterocycles. The van der Waals surface area contributed by atoms with Crippen LogP contribution in [0.4, 0.5) is 5.69 Å². The van der Waals surface area contributed by atoms with Crippen molar-refractivity contribution in [1.29, 1.82) is 0 Å². The average molecular weight is 422 g/mol. The van der Waals surface area contributed by atoms with Gasteiger partial charge in [-0.2, -0.15) is 9.59 Å². The zero-order valence-corrected chi connectivity index (χ0v) is 18.7. The molecule has 0 aliphatic rings. The minimum Gasteiger partial charge on any atom is -0.468 e. The van der Waals surface area contributed by atoms with E-state index in [0.29, 0.717) is 5.02 Å². The van der Waals surface area contributed by atoms with Crippen LogP contribution in [0.3, 0.4) is 0 Å². The maximum atomic E-state index is 8.12. The number of halogens is 1. The molecule has 2 aromatic rings. The second-order valence-electron chi connectivity index (χ2n) is 7.52. The molecule has 0 bridgehead atoms. The van der Waals surface area contributed by atoms with Gasteiger partial charge in [0.05, 0.1) is 10.7 Å². The van der Waals surface area contributed by atoms with Gasteiger partial charge in [-0.1, -0.05) is 61.6 Å². The van der Waals surface area contributed by atoms with E-state index in [0.717, 1.165) is 30.6 Å². The first-order valence-electron chi connectivity index (χ1n) is 9.01. The summed E-state index contributed by atoms with van der Waals surface area (Å²) in [5.74, 6) is 0.731. The highest BCUT2D eigenvalue weighted by molar-refractivity contribution is 6.76. The second-order valence-corrected chi connectivity index (χ2v) is 13.5. The van der Waals surface area contributed by atoms with Gasteiger partial charge in [0.15, 0.2) is 6.79 Å². The summed E-state index contributed by atoms with van der Waals surface area (Å²) in [6.07, 6.45) is 0.250. The summed E-state index contributed by atoms with van der Waals surface area (Å²) in [4.78, 5) is 18.4. The number of benzene rings is 2. The average Bonchev–Trinajstić information content (AvgIpc) is 2.62. The van der Waals surface area contributed by atoms with Crippen LogP contribution >= 0.6 is 11.6 Å². The molecule has 0 heterocycles. The Labute approximate surface area is 173 Å². The SMILES string of the molecule is CN(Cc1ccccc1)c1ccc(OCOCC[Si](C)(C)C)cc1Cl.O=C=O. The predicted octanol–water partition coefficient (Wildman–Crippen LogP) is 5.08. The molecule has 0 atom stereocenters. The fourth-order valence-corrected chi connectivity index (χ4v) is 3.45. The quantitative estimate of drug-likeness (QED) is 0.321. The highest BCUT2D eigenvalue weighted by Crippen LogP contribution is 2.30. The van der Waals surface area contributed by atoms with Gasteiger partial charge < -0.3 is 14.4 Å². The fraction of sp³-hybridized carbons (Fsp3) is 0.381. The van der Waals surface area contributed by atoms with Crippen LogP contribution in [0, 0.1) is 0 Å². The Balaban J connectivity index is 0.00000122. The maximum Gasteiger partial charge on any atom is 0.373 e. The lowest BCUT2D eigenvalue weighted by Gasteiger charge is -2.21. The van der Waals surface area contributed by atoms with Crippen LogP contribution in [0.25, 0.3) is 0 Å². The standard InChI is InChI=1S/C20H28ClNO2Si.CO2/c1-22(15-17-8-6-5-7-9-17)20-11-10-18(14-19(20)21)24-16-23-12-13-25(2,3)4;2-1-3/h5-11,14H,12-13,15-16H2,1-4H3;. The van der Waals surface area contributed by atoms with Crippen LogP contribution < -0.4 is 9.64 Å². The molecule has 0 N–H and O–H groups in total. The minimum atomic E-state index is -1.05. The van der Waals surface area contributed by atoms with Crippen molar-refractivity contribution in [2.75, 3.05) is 25.3 Å². The third-order valence-corrected chi connectivity index (χ3v) is 5.91. The number of ether oxygens (including phenoxy) is 2. The van der Waals surface area contributed by atoms with Crippen LogP contribution in [0.15, 0.2) is 48.5 Å². The molecule has 0 spiro atoms. The Morgan fingerprint density at radius 2 is 1.71 bits per heavy atom. The lowest BCUT2D eigenvalue weighted by atomic mass is 10.2. The number of hydrogen-bond donors (Lipinski definition) is 0. The van der Waals surface area contributed by atoms with Crippen molar-refractivity contribution in [2.24, 2.45) is 0 Å². The zero-order valence-electron chi connectivity index (χ0n) is 16.9. The predicted molar refractivity (Wildman–Crippen MR) is 115 cm³/mol. The number of hydrogen-bond acceptors (Lipinski definition) is 5. The molecule has 0 aliphatic carbocycles. The van der Waals surface area contributed by atoms with E-state index in [2.05, 4.69) is 36.7 Å². The largest absolute Gasteiger partial charge is 0.468 e. The molecule has 0 unspecified atom stereocenters. The van der Waals surface area contributed by atoms with Crippen LogP contribution in [0.1, 0.15) is 5.56 Å². The van der Waals surface area contributed by atoms with Crippen molar-refractivity contribution in [3.8, 4) is 5.75 Å². The van der Waals surface area contributed by atoms with E-state index < -0.39 is 8.07 Å². The molecule has 5 nitrogen and oxygen atoms in total. The Morgan fingerprint density at radius 1 is 1.07 bits per heavy atom. The summed E-state index contributed by atoms with van der Waals surface area (Å²) in [5.41, 5.74) is 2.23. The summed E-state index contributed by atoms with van der Waals surface area (Å²) in [6.45, 7) is 8.83. The number of rotatable bonds is 9. The van der Waals surface area contributed by atoms with E-state index in [4.69, 9.17) is 30.7 Å². The van der Waals surface area contributed by atoms with Crippen molar-refractivity contribution >= 4 is 31.5 Å². The monoisotopic (exact) mass is 421 g/mol. The molecule has 2 rings (SSSR count). The van der Waals surface area contributed by atoms with Gasteiger partial charge >= 0.3 is 6.15 Å².